The molecule has 0 heterocycles. The van der Waals surface area contributed by atoms with Crippen LogP contribution in [0.3, 0.4) is 0 Å². The summed E-state index contributed by atoms with van der Waals surface area (Å²) in [6.07, 6.45) is 0. The molecule has 1 amide bonds. The number of hydrogen-bond acceptors (Lipinski definition) is 4. The van der Waals surface area contributed by atoms with Crippen molar-refractivity contribution in [2.45, 2.75) is 17.1 Å². The van der Waals surface area contributed by atoms with Crippen LogP contribution in [0, 0.1) is 5.82 Å². The predicted octanol–water partition coefficient (Wildman–Crippen LogP) is 4.14. The summed E-state index contributed by atoms with van der Waals surface area (Å²) in [6, 6.07) is 12.4. The van der Waals surface area contributed by atoms with Gasteiger partial charge < -0.3 is 10.1 Å². The van der Waals surface area contributed by atoms with E-state index in [1.807, 2.05) is 0 Å². The van der Waals surface area contributed by atoms with Gasteiger partial charge in [-0.2, -0.15) is 0 Å². The fraction of sp³-hybridized carbons (Fsp3) is 0.176. The Bertz CT molecular complexity index is 707. The third-order valence-electron chi connectivity index (χ3n) is 2.93. The van der Waals surface area contributed by atoms with Gasteiger partial charge in [0.15, 0.2) is 6.61 Å². The zero-order valence-electron chi connectivity index (χ0n) is 12.8. The molecular formula is C17H15ClFNO3S. The van der Waals surface area contributed by atoms with Gasteiger partial charge in [0, 0.05) is 15.6 Å². The lowest BCUT2D eigenvalue weighted by atomic mass is 10.3. The average molecular weight is 368 g/mol. The first-order valence-corrected chi connectivity index (χ1v) is 8.34. The number of hydrogen-bond donors (Lipinski definition) is 1. The van der Waals surface area contributed by atoms with E-state index in [1.54, 1.807) is 31.2 Å². The molecule has 0 aliphatic heterocycles. The normalized spacial score (nSPS) is 11.6. The summed E-state index contributed by atoms with van der Waals surface area (Å²) in [4.78, 5) is 24.5. The second kappa shape index (κ2) is 8.70. The van der Waals surface area contributed by atoms with Crippen LogP contribution in [-0.4, -0.2) is 23.7 Å². The van der Waals surface area contributed by atoms with Gasteiger partial charge in [0.25, 0.3) is 5.91 Å². The summed E-state index contributed by atoms with van der Waals surface area (Å²) in [5.41, 5.74) is 0.432. The molecule has 0 radical (unpaired) electrons. The molecule has 0 bridgehead atoms. The molecule has 24 heavy (non-hydrogen) atoms. The van der Waals surface area contributed by atoms with Crippen LogP contribution < -0.4 is 5.32 Å². The molecule has 1 atom stereocenters. The van der Waals surface area contributed by atoms with Crippen molar-refractivity contribution in [2.24, 2.45) is 0 Å². The first-order valence-electron chi connectivity index (χ1n) is 7.08. The van der Waals surface area contributed by atoms with Gasteiger partial charge in [0.05, 0.1) is 0 Å². The third-order valence-corrected chi connectivity index (χ3v) is 4.27. The van der Waals surface area contributed by atoms with Gasteiger partial charge in [-0.1, -0.05) is 11.6 Å². The van der Waals surface area contributed by atoms with Crippen molar-refractivity contribution in [2.75, 3.05) is 11.9 Å². The number of benzene rings is 2. The van der Waals surface area contributed by atoms with E-state index in [9.17, 15) is 14.0 Å². The Hall–Kier alpha value is -2.05. The molecule has 2 aromatic rings. The van der Waals surface area contributed by atoms with E-state index >= 15 is 0 Å². The molecule has 0 spiro atoms. The van der Waals surface area contributed by atoms with Crippen LogP contribution in [0.25, 0.3) is 0 Å². The zero-order chi connectivity index (χ0) is 17.5. The van der Waals surface area contributed by atoms with E-state index in [-0.39, 0.29) is 0 Å². The summed E-state index contributed by atoms with van der Waals surface area (Å²) >= 11 is 7.12. The second-order valence-electron chi connectivity index (χ2n) is 4.88. The van der Waals surface area contributed by atoms with Crippen LogP contribution in [0.2, 0.25) is 5.02 Å². The highest BCUT2D eigenvalue weighted by Crippen LogP contribution is 2.25. The first-order chi connectivity index (χ1) is 11.4. The van der Waals surface area contributed by atoms with Gasteiger partial charge in [-0.25, -0.2) is 4.39 Å². The van der Waals surface area contributed by atoms with E-state index in [4.69, 9.17) is 16.3 Å². The van der Waals surface area contributed by atoms with Crippen LogP contribution >= 0.6 is 23.4 Å². The maximum absolute atomic E-state index is 12.8. The molecule has 0 saturated carbocycles. The number of thioether (sulfide) groups is 1. The van der Waals surface area contributed by atoms with E-state index in [0.29, 0.717) is 10.7 Å². The number of esters is 1. The summed E-state index contributed by atoms with van der Waals surface area (Å²) in [7, 11) is 0. The minimum atomic E-state index is -0.496. The van der Waals surface area contributed by atoms with Gasteiger partial charge in [-0.05, 0) is 55.5 Å². The van der Waals surface area contributed by atoms with Crippen LogP contribution in [0.5, 0.6) is 0 Å². The summed E-state index contributed by atoms with van der Waals surface area (Å²) in [6.45, 7) is 1.29. The number of carbonyl (C=O) groups is 2. The van der Waals surface area contributed by atoms with Crippen LogP contribution in [0.1, 0.15) is 6.92 Å². The zero-order valence-corrected chi connectivity index (χ0v) is 14.4. The fourth-order valence-corrected chi connectivity index (χ4v) is 2.74. The van der Waals surface area contributed by atoms with Crippen molar-refractivity contribution in [3.05, 3.63) is 59.4 Å². The van der Waals surface area contributed by atoms with Gasteiger partial charge in [0.1, 0.15) is 11.1 Å². The molecule has 0 aromatic heterocycles. The first kappa shape index (κ1) is 18.3. The minimum Gasteiger partial charge on any atom is -0.455 e. The van der Waals surface area contributed by atoms with Crippen molar-refractivity contribution < 1.29 is 18.7 Å². The van der Waals surface area contributed by atoms with Crippen LogP contribution in [0.15, 0.2) is 53.4 Å². The lowest BCUT2D eigenvalue weighted by molar-refractivity contribution is -0.146. The molecule has 1 N–H and O–H groups in total. The summed E-state index contributed by atoms with van der Waals surface area (Å²) in [5.74, 6) is -1.38. The lowest BCUT2D eigenvalue weighted by Crippen LogP contribution is -2.24. The monoisotopic (exact) mass is 367 g/mol. The Morgan fingerprint density at radius 2 is 1.79 bits per heavy atom. The minimum absolute atomic E-state index is 0.396. The molecular weight excluding hydrogens is 353 g/mol. The van der Waals surface area contributed by atoms with Crippen molar-refractivity contribution in [3.63, 3.8) is 0 Å². The van der Waals surface area contributed by atoms with Crippen LogP contribution in [0.4, 0.5) is 10.1 Å². The van der Waals surface area contributed by atoms with Gasteiger partial charge in [0.2, 0.25) is 0 Å². The Morgan fingerprint density at radius 3 is 2.42 bits per heavy atom. The smallest absolute Gasteiger partial charge is 0.319 e. The Morgan fingerprint density at radius 1 is 1.17 bits per heavy atom. The average Bonchev–Trinajstić information content (AvgIpc) is 2.57. The van der Waals surface area contributed by atoms with Crippen molar-refractivity contribution in [1.29, 1.82) is 0 Å². The summed E-state index contributed by atoms with van der Waals surface area (Å²) < 4.78 is 17.8. The largest absolute Gasteiger partial charge is 0.455 e. The highest BCUT2D eigenvalue weighted by molar-refractivity contribution is 8.00. The van der Waals surface area contributed by atoms with Crippen molar-refractivity contribution in [3.8, 4) is 0 Å². The molecule has 2 rings (SSSR count). The molecule has 0 fully saturated rings. The highest BCUT2D eigenvalue weighted by Gasteiger charge is 2.17. The van der Waals surface area contributed by atoms with Crippen LogP contribution in [-0.2, 0) is 14.3 Å². The molecule has 0 aliphatic carbocycles. The predicted molar refractivity (Wildman–Crippen MR) is 92.8 cm³/mol. The molecule has 126 valence electrons. The van der Waals surface area contributed by atoms with Crippen molar-refractivity contribution in [1.82, 2.24) is 0 Å². The number of ether oxygens (including phenoxy) is 1. The number of halogens is 2. The number of amides is 1. The fourth-order valence-electron chi connectivity index (χ4n) is 1.75. The maximum atomic E-state index is 12.8. The topological polar surface area (TPSA) is 55.4 Å². The van der Waals surface area contributed by atoms with Gasteiger partial charge in [-0.3, -0.25) is 9.59 Å². The number of nitrogens with one attached hydrogen (secondary N) is 1. The number of anilines is 1. The number of carbonyl (C=O) groups excluding carboxylic acids is 2. The number of rotatable bonds is 6. The highest BCUT2D eigenvalue weighted by atomic mass is 35.5. The SMILES string of the molecule is C[C@@H](Sc1ccc(Cl)cc1)C(=O)OCC(=O)Nc1ccc(F)cc1. The standard InChI is InChI=1S/C17H15ClFNO3S/c1-11(24-15-8-2-12(18)3-9-15)17(22)23-10-16(21)20-14-6-4-13(19)5-7-14/h2-9,11H,10H2,1H3,(H,20,21)/t11-/m1/s1. The molecule has 0 unspecified atom stereocenters. The quantitative estimate of drug-likeness (QED) is 0.615. The van der Waals surface area contributed by atoms with E-state index in [0.717, 1.165) is 4.90 Å². The second-order valence-corrected chi connectivity index (χ2v) is 6.73. The van der Waals surface area contributed by atoms with Gasteiger partial charge >= 0.3 is 5.97 Å². The molecule has 0 aliphatic rings. The molecule has 7 heteroatoms. The Labute approximate surface area is 148 Å². The molecule has 4 nitrogen and oxygen atoms in total. The van der Waals surface area contributed by atoms with E-state index < -0.39 is 29.6 Å². The Balaban J connectivity index is 1.77. The Kier molecular flexibility index (Phi) is 6.63. The van der Waals surface area contributed by atoms with Crippen molar-refractivity contribution >= 4 is 40.9 Å². The summed E-state index contributed by atoms with van der Waals surface area (Å²) in [5, 5.41) is 2.66. The third kappa shape index (κ3) is 5.86. The molecule has 2 aromatic carbocycles. The van der Waals surface area contributed by atoms with E-state index in [2.05, 4.69) is 5.32 Å². The lowest BCUT2D eigenvalue weighted by Gasteiger charge is -2.11. The molecule has 0 saturated heterocycles. The van der Waals surface area contributed by atoms with Gasteiger partial charge in [-0.15, -0.1) is 11.8 Å². The maximum Gasteiger partial charge on any atom is 0.319 e. The van der Waals surface area contributed by atoms with E-state index in [1.165, 1.54) is 36.0 Å².